The molecule has 0 unspecified atom stereocenters. The molecule has 1 rings (SSSR count). The fourth-order valence-electron chi connectivity index (χ4n) is 1.15. The molecule has 0 atom stereocenters. The van der Waals surface area contributed by atoms with Crippen LogP contribution in [0, 0.1) is 21.4 Å². The number of hydrogen-bond acceptors (Lipinski definition) is 6. The molecule has 0 aliphatic rings. The minimum atomic E-state index is -4.77. The Morgan fingerprint density at radius 2 is 2.11 bits per heavy atom. The highest BCUT2D eigenvalue weighted by molar-refractivity contribution is 8.13. The predicted molar refractivity (Wildman–Crippen MR) is 53.6 cm³/mol. The Balaban J connectivity index is 3.87. The second-order valence-electron chi connectivity index (χ2n) is 2.84. The summed E-state index contributed by atoms with van der Waals surface area (Å²) in [5.74, 6) is 0. The van der Waals surface area contributed by atoms with Gasteiger partial charge >= 0.3 is 5.69 Å². The number of nitrogens with zero attached hydrogens (tertiary/aromatic N) is 3. The molecule has 18 heavy (non-hydrogen) atoms. The van der Waals surface area contributed by atoms with Gasteiger partial charge in [-0.25, -0.2) is 22.2 Å². The van der Waals surface area contributed by atoms with E-state index in [1.165, 1.54) is 6.07 Å². The van der Waals surface area contributed by atoms with Gasteiger partial charge in [-0.05, 0) is 0 Å². The van der Waals surface area contributed by atoms with E-state index in [2.05, 4.69) is 4.98 Å². The summed E-state index contributed by atoms with van der Waals surface area (Å²) in [5, 5.41) is 19.2. The Labute approximate surface area is 103 Å². The van der Waals surface area contributed by atoms with Crippen LogP contribution in [-0.2, 0) is 9.05 Å². The molecule has 0 spiro atoms. The Bertz CT molecular complexity index is 655. The lowest BCUT2D eigenvalue weighted by Crippen LogP contribution is -2.08. The van der Waals surface area contributed by atoms with Crippen LogP contribution in [0.15, 0.2) is 11.1 Å². The molecule has 1 aromatic rings. The van der Waals surface area contributed by atoms with Gasteiger partial charge in [-0.15, -0.1) is 0 Å². The lowest BCUT2D eigenvalue weighted by atomic mass is 10.2. The molecule has 96 valence electrons. The molecule has 0 N–H and O–H groups in total. The molecule has 0 aliphatic carbocycles. The highest BCUT2D eigenvalue weighted by atomic mass is 35.7. The molecule has 7 nitrogen and oxygen atoms in total. The van der Waals surface area contributed by atoms with Gasteiger partial charge in [-0.2, -0.15) is 5.26 Å². The first-order valence-corrected chi connectivity index (χ1v) is 6.31. The Kier molecular flexibility index (Phi) is 3.78. The summed E-state index contributed by atoms with van der Waals surface area (Å²) in [6, 6.07) is 1.17. The number of halogens is 3. The van der Waals surface area contributed by atoms with Gasteiger partial charge in [0.15, 0.2) is 5.56 Å². The first kappa shape index (κ1) is 14.2. The van der Waals surface area contributed by atoms with Crippen molar-refractivity contribution in [3.63, 3.8) is 0 Å². The maximum absolute atomic E-state index is 12.5. The fourth-order valence-corrected chi connectivity index (χ4v) is 2.40. The molecular formula is C7H2ClF2N3O4S. The summed E-state index contributed by atoms with van der Waals surface area (Å²) in [4.78, 5) is 11.0. The van der Waals surface area contributed by atoms with Crippen molar-refractivity contribution in [3.05, 3.63) is 27.6 Å². The van der Waals surface area contributed by atoms with Gasteiger partial charge in [0.2, 0.25) is 0 Å². The zero-order valence-electron chi connectivity index (χ0n) is 8.17. The van der Waals surface area contributed by atoms with Crippen molar-refractivity contribution in [1.82, 2.24) is 4.98 Å². The molecule has 1 heterocycles. The van der Waals surface area contributed by atoms with Gasteiger partial charge in [0.25, 0.3) is 15.5 Å². The van der Waals surface area contributed by atoms with Crippen LogP contribution >= 0.6 is 10.7 Å². The summed E-state index contributed by atoms with van der Waals surface area (Å²) < 4.78 is 47.3. The van der Waals surface area contributed by atoms with Gasteiger partial charge in [-0.3, -0.25) is 10.1 Å². The molecule has 0 amide bonds. The van der Waals surface area contributed by atoms with Crippen LogP contribution in [0.2, 0.25) is 0 Å². The van der Waals surface area contributed by atoms with Crippen LogP contribution < -0.4 is 0 Å². The summed E-state index contributed by atoms with van der Waals surface area (Å²) in [7, 11) is 0.119. The lowest BCUT2D eigenvalue weighted by molar-refractivity contribution is -0.385. The Morgan fingerprint density at radius 3 is 2.44 bits per heavy atom. The number of hydrogen-bond donors (Lipinski definition) is 0. The number of nitriles is 1. The van der Waals surface area contributed by atoms with E-state index < -0.39 is 42.2 Å². The molecule has 0 aliphatic heterocycles. The molecule has 0 bridgehead atoms. The van der Waals surface area contributed by atoms with E-state index in [-0.39, 0.29) is 0 Å². The van der Waals surface area contributed by atoms with Crippen molar-refractivity contribution in [2.45, 2.75) is 11.3 Å². The van der Waals surface area contributed by atoms with E-state index in [1.807, 2.05) is 0 Å². The van der Waals surface area contributed by atoms with Gasteiger partial charge in [-0.1, -0.05) is 0 Å². The highest BCUT2D eigenvalue weighted by Crippen LogP contribution is 2.33. The molecular weight excluding hydrogens is 296 g/mol. The molecule has 0 saturated carbocycles. The van der Waals surface area contributed by atoms with E-state index >= 15 is 0 Å². The monoisotopic (exact) mass is 297 g/mol. The molecule has 0 fully saturated rings. The second-order valence-corrected chi connectivity index (χ2v) is 5.34. The topological polar surface area (TPSA) is 114 Å². The Hall–Kier alpha value is -1.86. The van der Waals surface area contributed by atoms with Crippen molar-refractivity contribution in [1.29, 1.82) is 5.26 Å². The zero-order chi connectivity index (χ0) is 14.1. The quantitative estimate of drug-likeness (QED) is 0.477. The molecule has 11 heteroatoms. The largest absolute Gasteiger partial charge is 0.306 e. The average Bonchev–Trinajstić information content (AvgIpc) is 2.25. The zero-order valence-corrected chi connectivity index (χ0v) is 9.74. The van der Waals surface area contributed by atoms with Crippen LogP contribution in [0.4, 0.5) is 14.5 Å². The van der Waals surface area contributed by atoms with Gasteiger partial charge < -0.3 is 0 Å². The van der Waals surface area contributed by atoms with Gasteiger partial charge in [0, 0.05) is 10.7 Å². The van der Waals surface area contributed by atoms with Crippen LogP contribution in [0.1, 0.15) is 17.7 Å². The van der Waals surface area contributed by atoms with Crippen LogP contribution in [0.25, 0.3) is 0 Å². The maximum atomic E-state index is 12.5. The summed E-state index contributed by atoms with van der Waals surface area (Å²) in [6.07, 6.45) is -2.97. The Morgan fingerprint density at radius 1 is 1.56 bits per heavy atom. The first-order chi connectivity index (χ1) is 8.20. The van der Waals surface area contributed by atoms with E-state index in [4.69, 9.17) is 15.9 Å². The fraction of sp³-hybridized carbons (Fsp3) is 0.143. The predicted octanol–water partition coefficient (Wildman–Crippen LogP) is 1.73. The minimum absolute atomic E-state index is 0.381. The van der Waals surface area contributed by atoms with Crippen molar-refractivity contribution in [3.8, 4) is 6.07 Å². The number of rotatable bonds is 3. The third-order valence-electron chi connectivity index (χ3n) is 1.80. The molecule has 1 aromatic heterocycles. The summed E-state index contributed by atoms with van der Waals surface area (Å²) in [6.45, 7) is 0. The van der Waals surface area contributed by atoms with Crippen molar-refractivity contribution in [2.75, 3.05) is 0 Å². The second kappa shape index (κ2) is 4.79. The number of alkyl halides is 2. The van der Waals surface area contributed by atoms with Crippen molar-refractivity contribution in [2.24, 2.45) is 0 Å². The molecule has 0 radical (unpaired) electrons. The smallest absolute Gasteiger partial charge is 0.258 e. The van der Waals surface area contributed by atoms with Crippen molar-refractivity contribution < 1.29 is 22.1 Å². The normalized spacial score (nSPS) is 11.3. The third kappa shape index (κ3) is 2.52. The number of nitro groups is 1. The third-order valence-corrected chi connectivity index (χ3v) is 3.16. The standard InChI is InChI=1S/C7H2ClF2N3O4S/c8-18(16,17)6-3(1-11)4(13(14)15)2-12-5(6)7(9)10/h2,7H. The number of pyridine rings is 1. The molecule has 0 aromatic carbocycles. The first-order valence-electron chi connectivity index (χ1n) is 4.00. The van der Waals surface area contributed by atoms with Crippen LogP contribution in [0.3, 0.4) is 0 Å². The van der Waals surface area contributed by atoms with E-state index in [0.29, 0.717) is 6.20 Å². The van der Waals surface area contributed by atoms with Crippen molar-refractivity contribution >= 4 is 25.4 Å². The summed E-state index contributed by atoms with van der Waals surface area (Å²) >= 11 is 0. The van der Waals surface area contributed by atoms with Gasteiger partial charge in [0.1, 0.15) is 22.9 Å². The summed E-state index contributed by atoms with van der Waals surface area (Å²) in [5.41, 5.74) is -3.38. The van der Waals surface area contributed by atoms with E-state index in [0.717, 1.165) is 0 Å². The SMILES string of the molecule is N#Cc1c([N+](=O)[O-])cnc(C(F)F)c1S(=O)(=O)Cl. The maximum Gasteiger partial charge on any atom is 0.306 e. The van der Waals surface area contributed by atoms with E-state index in [9.17, 15) is 27.3 Å². The average molecular weight is 298 g/mol. The van der Waals surface area contributed by atoms with Crippen LogP contribution in [-0.4, -0.2) is 18.3 Å². The van der Waals surface area contributed by atoms with Crippen LogP contribution in [0.5, 0.6) is 0 Å². The van der Waals surface area contributed by atoms with Gasteiger partial charge in [0.05, 0.1) is 4.92 Å². The minimum Gasteiger partial charge on any atom is -0.258 e. The number of aromatic nitrogens is 1. The highest BCUT2D eigenvalue weighted by Gasteiger charge is 2.32. The molecule has 0 saturated heterocycles. The van der Waals surface area contributed by atoms with E-state index in [1.54, 1.807) is 0 Å². The lowest BCUT2D eigenvalue weighted by Gasteiger charge is -2.06.